The Balaban J connectivity index is 3.22. The number of halogens is 3. The molecule has 0 aromatic rings. The minimum Gasteiger partial charge on any atom is -0.342 e. The highest BCUT2D eigenvalue weighted by Gasteiger charge is 2.53. The van der Waals surface area contributed by atoms with Crippen molar-refractivity contribution < 1.29 is 22.8 Å². The molecule has 2 unspecified atom stereocenters. The van der Waals surface area contributed by atoms with Crippen molar-refractivity contribution in [2.75, 3.05) is 6.54 Å². The largest absolute Gasteiger partial charge is 0.406 e. The van der Waals surface area contributed by atoms with Crippen molar-refractivity contribution in [3.63, 3.8) is 0 Å². The first-order valence-electron chi connectivity index (χ1n) is 6.52. The minimum atomic E-state index is -4.54. The van der Waals surface area contributed by atoms with Gasteiger partial charge in [0, 0.05) is 0 Å². The molecule has 1 fully saturated rings. The molecular formula is C13H21F3N2O2. The standard InChI is InChI=1S/C13H21F3N2O2/c1-6-12(5)10(20)17-8(11(2,3)4)9(19)18(12)7-13(14,15)16/h8H,6-7H2,1-5H3,(H,17,20). The second kappa shape index (κ2) is 4.93. The second-order valence-electron chi connectivity index (χ2n) is 6.44. The third kappa shape index (κ3) is 3.07. The summed E-state index contributed by atoms with van der Waals surface area (Å²) in [6.07, 6.45) is -4.41. The first-order chi connectivity index (χ1) is 8.83. The van der Waals surface area contributed by atoms with Crippen LogP contribution in [-0.4, -0.2) is 41.0 Å². The molecule has 1 aliphatic rings. The molecule has 0 spiro atoms. The smallest absolute Gasteiger partial charge is 0.342 e. The van der Waals surface area contributed by atoms with Crippen LogP contribution < -0.4 is 5.32 Å². The molecule has 0 aromatic heterocycles. The van der Waals surface area contributed by atoms with Gasteiger partial charge in [0.1, 0.15) is 18.1 Å². The van der Waals surface area contributed by atoms with Crippen LogP contribution in [0.25, 0.3) is 0 Å². The number of rotatable bonds is 2. The van der Waals surface area contributed by atoms with E-state index in [2.05, 4.69) is 5.32 Å². The average molecular weight is 294 g/mol. The number of alkyl halides is 3. The Morgan fingerprint density at radius 2 is 1.75 bits per heavy atom. The van der Waals surface area contributed by atoms with Gasteiger partial charge in [-0.1, -0.05) is 27.7 Å². The van der Waals surface area contributed by atoms with Crippen molar-refractivity contribution in [3.05, 3.63) is 0 Å². The Morgan fingerprint density at radius 1 is 1.25 bits per heavy atom. The molecule has 0 aliphatic carbocycles. The fourth-order valence-electron chi connectivity index (χ4n) is 2.24. The maximum Gasteiger partial charge on any atom is 0.406 e. The van der Waals surface area contributed by atoms with Crippen molar-refractivity contribution in [1.29, 1.82) is 0 Å². The third-order valence-electron chi connectivity index (χ3n) is 3.77. The van der Waals surface area contributed by atoms with E-state index < -0.39 is 41.5 Å². The molecule has 1 heterocycles. The van der Waals surface area contributed by atoms with E-state index in [1.807, 2.05) is 0 Å². The molecule has 1 rings (SSSR count). The van der Waals surface area contributed by atoms with Crippen LogP contribution in [0.1, 0.15) is 41.0 Å². The van der Waals surface area contributed by atoms with E-state index >= 15 is 0 Å². The first kappa shape index (κ1) is 16.8. The summed E-state index contributed by atoms with van der Waals surface area (Å²) in [5.74, 6) is -1.22. The summed E-state index contributed by atoms with van der Waals surface area (Å²) >= 11 is 0. The van der Waals surface area contributed by atoms with Gasteiger partial charge >= 0.3 is 6.18 Å². The predicted octanol–water partition coefficient (Wildman–Crippen LogP) is 2.09. The van der Waals surface area contributed by atoms with Gasteiger partial charge in [0.05, 0.1) is 0 Å². The Labute approximate surface area is 116 Å². The Hall–Kier alpha value is -1.27. The van der Waals surface area contributed by atoms with Crippen LogP contribution in [0.4, 0.5) is 13.2 Å². The topological polar surface area (TPSA) is 49.4 Å². The number of hydrogen-bond donors (Lipinski definition) is 1. The maximum atomic E-state index is 12.7. The second-order valence-corrected chi connectivity index (χ2v) is 6.44. The predicted molar refractivity (Wildman–Crippen MR) is 67.8 cm³/mol. The summed E-state index contributed by atoms with van der Waals surface area (Å²) in [7, 11) is 0. The molecule has 2 atom stereocenters. The van der Waals surface area contributed by atoms with Gasteiger partial charge < -0.3 is 10.2 Å². The van der Waals surface area contributed by atoms with Gasteiger partial charge in [-0.05, 0) is 18.8 Å². The maximum absolute atomic E-state index is 12.7. The monoisotopic (exact) mass is 294 g/mol. The van der Waals surface area contributed by atoms with Crippen LogP contribution in [0.5, 0.6) is 0 Å². The molecule has 2 amide bonds. The van der Waals surface area contributed by atoms with Crippen LogP contribution >= 0.6 is 0 Å². The van der Waals surface area contributed by atoms with E-state index in [0.717, 1.165) is 0 Å². The van der Waals surface area contributed by atoms with Crippen molar-refractivity contribution in [2.24, 2.45) is 5.41 Å². The SMILES string of the molecule is CCC1(C)C(=O)NC(C(C)(C)C)C(=O)N1CC(F)(F)F. The van der Waals surface area contributed by atoms with E-state index in [-0.39, 0.29) is 6.42 Å². The lowest BCUT2D eigenvalue weighted by Crippen LogP contribution is -2.72. The number of amides is 2. The molecule has 1 aliphatic heterocycles. The molecular weight excluding hydrogens is 273 g/mol. The number of piperazine rings is 1. The molecule has 116 valence electrons. The van der Waals surface area contributed by atoms with Crippen LogP contribution in [0.3, 0.4) is 0 Å². The Bertz CT molecular complexity index is 415. The lowest BCUT2D eigenvalue weighted by molar-refractivity contribution is -0.184. The van der Waals surface area contributed by atoms with Crippen LogP contribution in [0, 0.1) is 5.41 Å². The fraction of sp³-hybridized carbons (Fsp3) is 0.846. The molecule has 7 heteroatoms. The third-order valence-corrected chi connectivity index (χ3v) is 3.77. The number of nitrogens with zero attached hydrogens (tertiary/aromatic N) is 1. The van der Waals surface area contributed by atoms with E-state index in [0.29, 0.717) is 4.90 Å². The molecule has 0 aromatic carbocycles. The Morgan fingerprint density at radius 3 is 2.10 bits per heavy atom. The Kier molecular flexibility index (Phi) is 4.14. The molecule has 1 saturated heterocycles. The number of carbonyl (C=O) groups excluding carboxylic acids is 2. The highest BCUT2D eigenvalue weighted by atomic mass is 19.4. The molecule has 0 bridgehead atoms. The summed E-state index contributed by atoms with van der Waals surface area (Å²) in [4.78, 5) is 25.2. The zero-order valence-corrected chi connectivity index (χ0v) is 12.4. The lowest BCUT2D eigenvalue weighted by atomic mass is 9.80. The van der Waals surface area contributed by atoms with Crippen molar-refractivity contribution in [3.8, 4) is 0 Å². The molecule has 1 N–H and O–H groups in total. The minimum absolute atomic E-state index is 0.123. The summed E-state index contributed by atoms with van der Waals surface area (Å²) in [6.45, 7) is 6.66. The lowest BCUT2D eigenvalue weighted by Gasteiger charge is -2.48. The highest BCUT2D eigenvalue weighted by Crippen LogP contribution is 2.33. The van der Waals surface area contributed by atoms with E-state index in [1.165, 1.54) is 6.92 Å². The van der Waals surface area contributed by atoms with Gasteiger partial charge in [0.25, 0.3) is 0 Å². The summed E-state index contributed by atoms with van der Waals surface area (Å²) in [6, 6.07) is -0.947. The molecule has 0 radical (unpaired) electrons. The highest BCUT2D eigenvalue weighted by molar-refractivity contribution is 6.00. The van der Waals surface area contributed by atoms with Gasteiger partial charge in [0.2, 0.25) is 11.8 Å². The van der Waals surface area contributed by atoms with E-state index in [1.54, 1.807) is 27.7 Å². The summed E-state index contributed by atoms with van der Waals surface area (Å²) < 4.78 is 38.2. The molecule has 0 saturated carbocycles. The van der Waals surface area contributed by atoms with Gasteiger partial charge in [-0.25, -0.2) is 0 Å². The zero-order valence-electron chi connectivity index (χ0n) is 12.4. The van der Waals surface area contributed by atoms with Gasteiger partial charge in [0.15, 0.2) is 0 Å². The number of hydrogen-bond acceptors (Lipinski definition) is 2. The molecule has 20 heavy (non-hydrogen) atoms. The molecule has 4 nitrogen and oxygen atoms in total. The van der Waals surface area contributed by atoms with E-state index in [4.69, 9.17) is 0 Å². The fourth-order valence-corrected chi connectivity index (χ4v) is 2.24. The van der Waals surface area contributed by atoms with Crippen LogP contribution in [0.2, 0.25) is 0 Å². The first-order valence-corrected chi connectivity index (χ1v) is 6.52. The normalized spacial score (nSPS) is 28.6. The average Bonchev–Trinajstić information content (AvgIpc) is 2.26. The van der Waals surface area contributed by atoms with Crippen LogP contribution in [-0.2, 0) is 9.59 Å². The van der Waals surface area contributed by atoms with Crippen LogP contribution in [0.15, 0.2) is 0 Å². The van der Waals surface area contributed by atoms with Gasteiger partial charge in [-0.15, -0.1) is 0 Å². The summed E-state index contributed by atoms with van der Waals surface area (Å²) in [5, 5.41) is 2.57. The summed E-state index contributed by atoms with van der Waals surface area (Å²) in [5.41, 5.74) is -2.11. The quantitative estimate of drug-likeness (QED) is 0.848. The van der Waals surface area contributed by atoms with Crippen molar-refractivity contribution >= 4 is 11.8 Å². The van der Waals surface area contributed by atoms with Gasteiger partial charge in [-0.3, -0.25) is 9.59 Å². The van der Waals surface area contributed by atoms with E-state index in [9.17, 15) is 22.8 Å². The van der Waals surface area contributed by atoms with Crippen molar-refractivity contribution in [2.45, 2.75) is 58.8 Å². The van der Waals surface area contributed by atoms with Gasteiger partial charge in [-0.2, -0.15) is 13.2 Å². The zero-order chi connectivity index (χ0) is 15.9. The number of nitrogens with one attached hydrogen (secondary N) is 1. The van der Waals surface area contributed by atoms with Crippen molar-refractivity contribution in [1.82, 2.24) is 10.2 Å². The number of carbonyl (C=O) groups is 2.